The van der Waals surface area contributed by atoms with Gasteiger partial charge in [0, 0.05) is 5.56 Å². The minimum absolute atomic E-state index is 0.144. The van der Waals surface area contributed by atoms with E-state index >= 15 is 0 Å². The largest absolute Gasteiger partial charge is 0.493 e. The fourth-order valence-electron chi connectivity index (χ4n) is 3.09. The van der Waals surface area contributed by atoms with Crippen LogP contribution in [0.5, 0.6) is 5.75 Å². The van der Waals surface area contributed by atoms with Crippen LogP contribution in [0.3, 0.4) is 0 Å². The van der Waals surface area contributed by atoms with Gasteiger partial charge in [-0.05, 0) is 34.9 Å². The molecule has 0 heterocycles. The number of carbonyl (C=O) groups excluding carboxylic acids is 1. The smallest absolute Gasteiger partial charge is 0.244 e. The summed E-state index contributed by atoms with van der Waals surface area (Å²) in [6.07, 6.45) is 5.27. The molecule has 4 heteroatoms. The standard InChI is InChI=1S/C24H26N2O2/c1-2-3-8-16-28-23-15-7-5-11-21(23)18-25-26-24(27)17-20-13-9-12-19-10-4-6-14-22(19)20/h4-7,9-15,18H,2-3,8,16-17H2,1H3,(H,26,27). The number of nitrogens with one attached hydrogen (secondary N) is 1. The second-order valence-corrected chi connectivity index (χ2v) is 6.70. The van der Waals surface area contributed by atoms with Crippen molar-refractivity contribution in [2.75, 3.05) is 6.61 Å². The van der Waals surface area contributed by atoms with E-state index < -0.39 is 0 Å². The summed E-state index contributed by atoms with van der Waals surface area (Å²) in [5, 5.41) is 6.34. The van der Waals surface area contributed by atoms with E-state index in [2.05, 4.69) is 17.5 Å². The molecule has 144 valence electrons. The van der Waals surface area contributed by atoms with Gasteiger partial charge in [0.15, 0.2) is 0 Å². The number of amides is 1. The van der Waals surface area contributed by atoms with Crippen LogP contribution in [0.1, 0.15) is 37.3 Å². The van der Waals surface area contributed by atoms with Crippen molar-refractivity contribution in [3.8, 4) is 5.75 Å². The van der Waals surface area contributed by atoms with Gasteiger partial charge in [0.05, 0.1) is 19.2 Å². The normalized spacial score (nSPS) is 11.0. The number of hydrogen-bond donors (Lipinski definition) is 1. The van der Waals surface area contributed by atoms with Crippen LogP contribution < -0.4 is 10.2 Å². The van der Waals surface area contributed by atoms with E-state index in [1.54, 1.807) is 6.21 Å². The van der Waals surface area contributed by atoms with E-state index in [9.17, 15) is 4.79 Å². The predicted octanol–water partition coefficient (Wildman–Crippen LogP) is 5.10. The van der Waals surface area contributed by atoms with E-state index in [1.807, 2.05) is 66.7 Å². The number of fused-ring (bicyclic) bond motifs is 1. The number of nitrogens with zero attached hydrogens (tertiary/aromatic N) is 1. The number of hydrazone groups is 1. The lowest BCUT2D eigenvalue weighted by Crippen LogP contribution is -2.20. The third-order valence-corrected chi connectivity index (χ3v) is 4.55. The highest BCUT2D eigenvalue weighted by molar-refractivity contribution is 5.91. The van der Waals surface area contributed by atoms with Crippen molar-refractivity contribution in [3.63, 3.8) is 0 Å². The van der Waals surface area contributed by atoms with Gasteiger partial charge in [-0.2, -0.15) is 5.10 Å². The minimum Gasteiger partial charge on any atom is -0.493 e. The molecule has 1 N–H and O–H groups in total. The van der Waals surface area contributed by atoms with Gasteiger partial charge in [0.2, 0.25) is 5.91 Å². The van der Waals surface area contributed by atoms with Crippen molar-refractivity contribution in [3.05, 3.63) is 77.9 Å². The Bertz CT molecular complexity index is 945. The average molecular weight is 374 g/mol. The summed E-state index contributed by atoms with van der Waals surface area (Å²) in [4.78, 5) is 12.3. The maximum atomic E-state index is 12.3. The fourth-order valence-corrected chi connectivity index (χ4v) is 3.09. The molecule has 0 aliphatic heterocycles. The zero-order valence-electron chi connectivity index (χ0n) is 16.2. The number of hydrogen-bond acceptors (Lipinski definition) is 3. The maximum Gasteiger partial charge on any atom is 0.244 e. The molecule has 4 nitrogen and oxygen atoms in total. The molecule has 0 bridgehead atoms. The van der Waals surface area contributed by atoms with Gasteiger partial charge < -0.3 is 4.74 Å². The van der Waals surface area contributed by atoms with Crippen LogP contribution in [0, 0.1) is 0 Å². The molecule has 1 amide bonds. The summed E-state index contributed by atoms with van der Waals surface area (Å²) < 4.78 is 5.84. The molecule has 0 spiro atoms. The minimum atomic E-state index is -0.144. The van der Waals surface area contributed by atoms with Crippen LogP contribution in [0.2, 0.25) is 0 Å². The van der Waals surface area contributed by atoms with Crippen LogP contribution in [-0.2, 0) is 11.2 Å². The SMILES string of the molecule is CCCCCOc1ccccc1C=NNC(=O)Cc1cccc2ccccc12. The zero-order valence-corrected chi connectivity index (χ0v) is 16.2. The number of unbranched alkanes of at least 4 members (excludes halogenated alkanes) is 2. The summed E-state index contributed by atoms with van der Waals surface area (Å²) in [7, 11) is 0. The highest BCUT2D eigenvalue weighted by atomic mass is 16.5. The lowest BCUT2D eigenvalue weighted by atomic mass is 10.0. The molecule has 0 radical (unpaired) electrons. The molecule has 0 saturated heterocycles. The van der Waals surface area contributed by atoms with Crippen LogP contribution >= 0.6 is 0 Å². The highest BCUT2D eigenvalue weighted by Crippen LogP contribution is 2.19. The Labute approximate surface area is 166 Å². The quantitative estimate of drug-likeness (QED) is 0.322. The maximum absolute atomic E-state index is 12.3. The van der Waals surface area contributed by atoms with E-state index in [4.69, 9.17) is 4.74 Å². The van der Waals surface area contributed by atoms with Crippen molar-refractivity contribution in [2.45, 2.75) is 32.6 Å². The van der Waals surface area contributed by atoms with Crippen molar-refractivity contribution < 1.29 is 9.53 Å². The average Bonchev–Trinajstić information content (AvgIpc) is 2.72. The van der Waals surface area contributed by atoms with E-state index in [0.717, 1.165) is 46.9 Å². The lowest BCUT2D eigenvalue weighted by Gasteiger charge is -2.08. The van der Waals surface area contributed by atoms with Crippen molar-refractivity contribution in [2.24, 2.45) is 5.10 Å². The Morgan fingerprint density at radius 3 is 2.68 bits per heavy atom. The van der Waals surface area contributed by atoms with Crippen LogP contribution in [0.4, 0.5) is 0 Å². The molecule has 0 atom stereocenters. The van der Waals surface area contributed by atoms with Gasteiger partial charge >= 0.3 is 0 Å². The molecule has 3 aromatic rings. The first-order valence-corrected chi connectivity index (χ1v) is 9.78. The van der Waals surface area contributed by atoms with Gasteiger partial charge in [0.1, 0.15) is 5.75 Å². The first-order chi connectivity index (χ1) is 13.8. The molecule has 3 aromatic carbocycles. The third-order valence-electron chi connectivity index (χ3n) is 4.55. The molecule has 0 aliphatic carbocycles. The monoisotopic (exact) mass is 374 g/mol. The van der Waals surface area contributed by atoms with Gasteiger partial charge in [0.25, 0.3) is 0 Å². The number of para-hydroxylation sites is 1. The first-order valence-electron chi connectivity index (χ1n) is 9.78. The second-order valence-electron chi connectivity index (χ2n) is 6.70. The number of ether oxygens (including phenoxy) is 1. The molecule has 0 saturated carbocycles. The third kappa shape index (κ3) is 5.43. The fraction of sp³-hybridized carbons (Fsp3) is 0.250. The molecule has 0 fully saturated rings. The predicted molar refractivity (Wildman–Crippen MR) is 115 cm³/mol. The van der Waals surface area contributed by atoms with Gasteiger partial charge in [-0.1, -0.05) is 74.4 Å². The Balaban J connectivity index is 1.59. The van der Waals surface area contributed by atoms with Crippen molar-refractivity contribution >= 4 is 22.9 Å². The zero-order chi connectivity index (χ0) is 19.6. The molecule has 0 aliphatic rings. The van der Waals surface area contributed by atoms with E-state index in [-0.39, 0.29) is 12.3 Å². The second kappa shape index (κ2) is 10.3. The highest BCUT2D eigenvalue weighted by Gasteiger charge is 2.06. The number of carbonyl (C=O) groups is 1. The van der Waals surface area contributed by atoms with Crippen LogP contribution in [0.15, 0.2) is 71.8 Å². The van der Waals surface area contributed by atoms with Gasteiger partial charge in [-0.15, -0.1) is 0 Å². The van der Waals surface area contributed by atoms with Gasteiger partial charge in [-0.3, -0.25) is 4.79 Å². The van der Waals surface area contributed by atoms with Crippen LogP contribution in [-0.4, -0.2) is 18.7 Å². The first kappa shape index (κ1) is 19.6. The molecule has 0 unspecified atom stereocenters. The van der Waals surface area contributed by atoms with Crippen LogP contribution in [0.25, 0.3) is 10.8 Å². The summed E-state index contributed by atoms with van der Waals surface area (Å²) in [5.74, 6) is 0.639. The number of benzene rings is 3. The van der Waals surface area contributed by atoms with Crippen molar-refractivity contribution in [1.29, 1.82) is 0 Å². The molecular formula is C24H26N2O2. The van der Waals surface area contributed by atoms with E-state index in [1.165, 1.54) is 0 Å². The van der Waals surface area contributed by atoms with Gasteiger partial charge in [-0.25, -0.2) is 5.43 Å². The Morgan fingerprint density at radius 2 is 1.79 bits per heavy atom. The topological polar surface area (TPSA) is 50.7 Å². The number of rotatable bonds is 9. The Morgan fingerprint density at radius 1 is 1.00 bits per heavy atom. The summed E-state index contributed by atoms with van der Waals surface area (Å²) in [5.41, 5.74) is 4.47. The molecule has 28 heavy (non-hydrogen) atoms. The van der Waals surface area contributed by atoms with Crippen molar-refractivity contribution in [1.82, 2.24) is 5.43 Å². The lowest BCUT2D eigenvalue weighted by molar-refractivity contribution is -0.120. The van der Waals surface area contributed by atoms with E-state index in [0.29, 0.717) is 6.61 Å². The molecule has 3 rings (SSSR count). The Hall–Kier alpha value is -3.14. The summed E-state index contributed by atoms with van der Waals surface area (Å²) in [6, 6.07) is 21.8. The Kier molecular flexibility index (Phi) is 7.19. The molecular weight excluding hydrogens is 348 g/mol. The summed E-state index contributed by atoms with van der Waals surface area (Å²) >= 11 is 0. The summed E-state index contributed by atoms with van der Waals surface area (Å²) in [6.45, 7) is 2.85. The molecule has 0 aromatic heterocycles.